The van der Waals surface area contributed by atoms with Gasteiger partial charge in [-0.1, -0.05) is 20.8 Å². The van der Waals surface area contributed by atoms with Crippen molar-refractivity contribution in [1.29, 1.82) is 5.26 Å². The molecule has 2 unspecified atom stereocenters. The summed E-state index contributed by atoms with van der Waals surface area (Å²) >= 11 is 0. The van der Waals surface area contributed by atoms with Crippen molar-refractivity contribution in [2.45, 2.75) is 64.5 Å². The number of aryl methyl sites for hydroxylation is 2. The zero-order chi connectivity index (χ0) is 13.9. The first-order valence-electron chi connectivity index (χ1n) is 7.41. The standard InChI is InChI=1S/C15H24N4/c1-4-12-9-13(5-2)19(18-12)14-7-8-15(10-14,11-16)17-6-3/h9,14,17H,4-8,10H2,1-3H3. The smallest absolute Gasteiger partial charge is 0.108 e. The Bertz CT molecular complexity index is 471. The quantitative estimate of drug-likeness (QED) is 0.885. The molecule has 0 aromatic carbocycles. The minimum Gasteiger partial charge on any atom is -0.300 e. The molecule has 19 heavy (non-hydrogen) atoms. The summed E-state index contributed by atoms with van der Waals surface area (Å²) in [4.78, 5) is 0. The highest BCUT2D eigenvalue weighted by molar-refractivity contribution is 5.16. The first-order valence-corrected chi connectivity index (χ1v) is 7.41. The van der Waals surface area contributed by atoms with Gasteiger partial charge in [-0.25, -0.2) is 0 Å². The number of nitriles is 1. The highest BCUT2D eigenvalue weighted by Gasteiger charge is 2.40. The fourth-order valence-electron chi connectivity index (χ4n) is 3.11. The van der Waals surface area contributed by atoms with E-state index < -0.39 is 0 Å². The van der Waals surface area contributed by atoms with Crippen LogP contribution in [-0.4, -0.2) is 21.9 Å². The lowest BCUT2D eigenvalue weighted by atomic mass is 9.99. The third-order valence-electron chi connectivity index (χ3n) is 4.15. The first-order chi connectivity index (χ1) is 9.18. The Morgan fingerprint density at radius 1 is 1.47 bits per heavy atom. The maximum absolute atomic E-state index is 9.45. The third kappa shape index (κ3) is 2.66. The van der Waals surface area contributed by atoms with Crippen LogP contribution in [0.1, 0.15) is 57.5 Å². The second-order valence-corrected chi connectivity index (χ2v) is 5.40. The molecule has 1 aliphatic rings. The lowest BCUT2D eigenvalue weighted by Crippen LogP contribution is -2.41. The molecule has 1 fully saturated rings. The van der Waals surface area contributed by atoms with Crippen molar-refractivity contribution in [3.63, 3.8) is 0 Å². The van der Waals surface area contributed by atoms with Crippen LogP contribution in [-0.2, 0) is 12.8 Å². The number of nitrogens with zero attached hydrogens (tertiary/aromatic N) is 3. The van der Waals surface area contributed by atoms with Crippen molar-refractivity contribution < 1.29 is 0 Å². The molecule has 1 aromatic rings. The van der Waals surface area contributed by atoms with Crippen molar-refractivity contribution >= 4 is 0 Å². The maximum Gasteiger partial charge on any atom is 0.108 e. The van der Waals surface area contributed by atoms with Crippen LogP contribution in [0.4, 0.5) is 0 Å². The van der Waals surface area contributed by atoms with Gasteiger partial charge in [0.1, 0.15) is 5.54 Å². The van der Waals surface area contributed by atoms with Gasteiger partial charge in [-0.2, -0.15) is 10.4 Å². The van der Waals surface area contributed by atoms with Crippen LogP contribution < -0.4 is 5.32 Å². The van der Waals surface area contributed by atoms with E-state index in [1.54, 1.807) is 0 Å². The minimum atomic E-state index is -0.344. The monoisotopic (exact) mass is 260 g/mol. The molecule has 1 N–H and O–H groups in total. The fourth-order valence-corrected chi connectivity index (χ4v) is 3.11. The highest BCUT2D eigenvalue weighted by Crippen LogP contribution is 2.38. The number of aromatic nitrogens is 2. The molecule has 1 heterocycles. The molecule has 1 aromatic heterocycles. The first kappa shape index (κ1) is 14.1. The fraction of sp³-hybridized carbons (Fsp3) is 0.733. The Morgan fingerprint density at radius 2 is 2.26 bits per heavy atom. The maximum atomic E-state index is 9.45. The van der Waals surface area contributed by atoms with E-state index in [4.69, 9.17) is 5.10 Å². The lowest BCUT2D eigenvalue weighted by Gasteiger charge is -2.22. The number of nitrogens with one attached hydrogen (secondary N) is 1. The molecular weight excluding hydrogens is 236 g/mol. The predicted molar refractivity (Wildman–Crippen MR) is 75.9 cm³/mol. The number of hydrogen-bond donors (Lipinski definition) is 1. The van der Waals surface area contributed by atoms with Gasteiger partial charge in [0.2, 0.25) is 0 Å². The molecule has 0 saturated heterocycles. The Hall–Kier alpha value is -1.34. The molecular formula is C15H24N4. The van der Waals surface area contributed by atoms with Gasteiger partial charge < -0.3 is 0 Å². The summed E-state index contributed by atoms with van der Waals surface area (Å²) in [7, 11) is 0. The van der Waals surface area contributed by atoms with Crippen LogP contribution in [0.5, 0.6) is 0 Å². The Kier molecular flexibility index (Phi) is 4.26. The average Bonchev–Trinajstić information content (AvgIpc) is 3.03. The molecule has 2 rings (SSSR count). The predicted octanol–water partition coefficient (Wildman–Crippen LogP) is 2.60. The topological polar surface area (TPSA) is 53.6 Å². The summed E-state index contributed by atoms with van der Waals surface area (Å²) in [5.41, 5.74) is 2.12. The van der Waals surface area contributed by atoms with Crippen molar-refractivity contribution in [3.8, 4) is 6.07 Å². The Balaban J connectivity index is 2.21. The molecule has 2 atom stereocenters. The summed E-state index contributed by atoms with van der Waals surface area (Å²) < 4.78 is 2.18. The van der Waals surface area contributed by atoms with E-state index in [2.05, 4.69) is 42.9 Å². The molecule has 0 spiro atoms. The molecule has 1 aliphatic carbocycles. The average molecular weight is 260 g/mol. The molecule has 4 heteroatoms. The van der Waals surface area contributed by atoms with Crippen LogP contribution in [0.2, 0.25) is 0 Å². The SMILES string of the molecule is CCNC1(C#N)CCC(n2nc(CC)cc2CC)C1. The normalized spacial score (nSPS) is 26.5. The van der Waals surface area contributed by atoms with Gasteiger partial charge in [0.05, 0.1) is 17.8 Å². The molecule has 1 saturated carbocycles. The van der Waals surface area contributed by atoms with Crippen LogP contribution in [0.15, 0.2) is 6.07 Å². The molecule has 0 amide bonds. The van der Waals surface area contributed by atoms with Crippen molar-refractivity contribution in [1.82, 2.24) is 15.1 Å². The van der Waals surface area contributed by atoms with Gasteiger partial charge in [0.15, 0.2) is 0 Å². The van der Waals surface area contributed by atoms with Crippen LogP contribution in [0.25, 0.3) is 0 Å². The van der Waals surface area contributed by atoms with Crippen molar-refractivity contribution in [2.75, 3.05) is 6.54 Å². The summed E-state index contributed by atoms with van der Waals surface area (Å²) in [6.45, 7) is 7.22. The van der Waals surface area contributed by atoms with Crippen molar-refractivity contribution in [3.05, 3.63) is 17.5 Å². The zero-order valence-corrected chi connectivity index (χ0v) is 12.2. The van der Waals surface area contributed by atoms with Crippen LogP contribution in [0.3, 0.4) is 0 Å². The van der Waals surface area contributed by atoms with Gasteiger partial charge in [0, 0.05) is 12.1 Å². The van der Waals surface area contributed by atoms with E-state index in [9.17, 15) is 5.26 Å². The lowest BCUT2D eigenvalue weighted by molar-refractivity contribution is 0.389. The Morgan fingerprint density at radius 3 is 2.84 bits per heavy atom. The largest absolute Gasteiger partial charge is 0.300 e. The summed E-state index contributed by atoms with van der Waals surface area (Å²) in [6.07, 6.45) is 4.81. The Labute approximate surface area is 115 Å². The van der Waals surface area contributed by atoms with Gasteiger partial charge in [0.25, 0.3) is 0 Å². The van der Waals surface area contributed by atoms with Gasteiger partial charge in [-0.05, 0) is 38.3 Å². The summed E-state index contributed by atoms with van der Waals surface area (Å²) in [5.74, 6) is 0. The van der Waals surface area contributed by atoms with Gasteiger partial charge in [-0.15, -0.1) is 0 Å². The minimum absolute atomic E-state index is 0.344. The molecule has 4 nitrogen and oxygen atoms in total. The zero-order valence-electron chi connectivity index (χ0n) is 12.2. The molecule has 0 bridgehead atoms. The van der Waals surface area contributed by atoms with E-state index in [0.717, 1.165) is 44.3 Å². The van der Waals surface area contributed by atoms with Crippen LogP contribution >= 0.6 is 0 Å². The summed E-state index contributed by atoms with van der Waals surface area (Å²) in [5, 5.41) is 17.5. The van der Waals surface area contributed by atoms with Crippen molar-refractivity contribution in [2.24, 2.45) is 0 Å². The molecule has 0 aliphatic heterocycles. The van der Waals surface area contributed by atoms with Crippen LogP contribution in [0, 0.1) is 11.3 Å². The van der Waals surface area contributed by atoms with E-state index in [0.29, 0.717) is 6.04 Å². The molecule has 0 radical (unpaired) electrons. The third-order valence-corrected chi connectivity index (χ3v) is 4.15. The van der Waals surface area contributed by atoms with E-state index in [-0.39, 0.29) is 5.54 Å². The highest BCUT2D eigenvalue weighted by atomic mass is 15.3. The van der Waals surface area contributed by atoms with E-state index in [1.807, 2.05) is 0 Å². The number of rotatable bonds is 5. The van der Waals surface area contributed by atoms with E-state index >= 15 is 0 Å². The van der Waals surface area contributed by atoms with Gasteiger partial charge in [-0.3, -0.25) is 10.00 Å². The second-order valence-electron chi connectivity index (χ2n) is 5.40. The molecule has 104 valence electrons. The second kappa shape index (κ2) is 5.75. The van der Waals surface area contributed by atoms with Gasteiger partial charge >= 0.3 is 0 Å². The number of hydrogen-bond acceptors (Lipinski definition) is 3. The van der Waals surface area contributed by atoms with E-state index in [1.165, 1.54) is 5.69 Å². The summed E-state index contributed by atoms with van der Waals surface area (Å²) in [6, 6.07) is 5.06.